The van der Waals surface area contributed by atoms with Gasteiger partial charge in [-0.1, -0.05) is 41.4 Å². The van der Waals surface area contributed by atoms with Crippen molar-refractivity contribution in [2.45, 2.75) is 25.4 Å². The van der Waals surface area contributed by atoms with Gasteiger partial charge in [0.15, 0.2) is 0 Å². The molecule has 3 nitrogen and oxygen atoms in total. The molecular weight excluding hydrogens is 400 g/mol. The van der Waals surface area contributed by atoms with Crippen LogP contribution in [0.25, 0.3) is 0 Å². The van der Waals surface area contributed by atoms with Crippen LogP contribution in [0, 0.1) is 0 Å². The van der Waals surface area contributed by atoms with E-state index >= 15 is 0 Å². The summed E-state index contributed by atoms with van der Waals surface area (Å²) in [7, 11) is 0. The van der Waals surface area contributed by atoms with Crippen LogP contribution in [-0.4, -0.2) is 9.55 Å². The number of hydrogen-bond acceptors (Lipinski definition) is 2. The average molecular weight is 415 g/mol. The Morgan fingerprint density at radius 3 is 2.59 bits per heavy atom. The molecule has 27 heavy (non-hydrogen) atoms. The molecule has 0 saturated carbocycles. The fourth-order valence-electron chi connectivity index (χ4n) is 2.62. The topological polar surface area (TPSA) is 27.1 Å². The van der Waals surface area contributed by atoms with E-state index in [2.05, 4.69) is 4.98 Å². The molecule has 0 bridgehead atoms. The first kappa shape index (κ1) is 19.7. The smallest absolute Gasteiger partial charge is 0.367 e. The summed E-state index contributed by atoms with van der Waals surface area (Å²) < 4.78 is 46.4. The third-order valence-electron chi connectivity index (χ3n) is 3.95. The Morgan fingerprint density at radius 2 is 1.93 bits per heavy atom. The van der Waals surface area contributed by atoms with E-state index in [1.165, 1.54) is 6.07 Å². The van der Waals surface area contributed by atoms with Crippen LogP contribution in [0.3, 0.4) is 0 Å². The van der Waals surface area contributed by atoms with Gasteiger partial charge in [-0.05, 0) is 29.8 Å². The first-order chi connectivity index (χ1) is 12.8. The third-order valence-corrected chi connectivity index (χ3v) is 4.51. The maximum atomic E-state index is 12.9. The van der Waals surface area contributed by atoms with Crippen molar-refractivity contribution in [3.8, 4) is 0 Å². The second-order valence-electron chi connectivity index (χ2n) is 5.92. The standard InChI is InChI=1S/C19H15Cl2F3N2O/c20-15-4-5-16(17(21)9-15)18(10-26-7-6-25-12-26)27-11-13-2-1-3-14(8-13)19(22,23)24/h1-9,12,18H,10-11H2. The zero-order valence-electron chi connectivity index (χ0n) is 14.0. The van der Waals surface area contributed by atoms with Gasteiger partial charge in [0.2, 0.25) is 0 Å². The summed E-state index contributed by atoms with van der Waals surface area (Å²) >= 11 is 12.2. The number of benzene rings is 2. The summed E-state index contributed by atoms with van der Waals surface area (Å²) in [5, 5.41) is 0.916. The highest BCUT2D eigenvalue weighted by atomic mass is 35.5. The van der Waals surface area contributed by atoms with Gasteiger partial charge in [-0.3, -0.25) is 0 Å². The molecular formula is C19H15Cl2F3N2O. The van der Waals surface area contributed by atoms with Crippen LogP contribution in [0.5, 0.6) is 0 Å². The van der Waals surface area contributed by atoms with Crippen molar-refractivity contribution >= 4 is 23.2 Å². The van der Waals surface area contributed by atoms with E-state index in [0.29, 0.717) is 27.7 Å². The van der Waals surface area contributed by atoms with E-state index in [-0.39, 0.29) is 6.61 Å². The molecule has 0 radical (unpaired) electrons. The van der Waals surface area contributed by atoms with Crippen molar-refractivity contribution in [2.75, 3.05) is 0 Å². The zero-order valence-corrected chi connectivity index (χ0v) is 15.5. The fraction of sp³-hybridized carbons (Fsp3) is 0.211. The Balaban J connectivity index is 1.81. The van der Waals surface area contributed by atoms with Gasteiger partial charge < -0.3 is 9.30 Å². The zero-order chi connectivity index (χ0) is 19.4. The molecule has 1 heterocycles. The first-order valence-corrected chi connectivity index (χ1v) is 8.77. The summed E-state index contributed by atoms with van der Waals surface area (Å²) in [6.07, 6.45) is 0.145. The van der Waals surface area contributed by atoms with Crippen LogP contribution in [0.15, 0.2) is 61.2 Å². The van der Waals surface area contributed by atoms with Crippen molar-refractivity contribution in [3.63, 3.8) is 0 Å². The number of imidazole rings is 1. The summed E-state index contributed by atoms with van der Waals surface area (Å²) in [4.78, 5) is 3.99. The Bertz CT molecular complexity index is 898. The van der Waals surface area contributed by atoms with Gasteiger partial charge >= 0.3 is 6.18 Å². The SMILES string of the molecule is FC(F)(F)c1cccc(COC(Cn2ccnc2)c2ccc(Cl)cc2Cl)c1. The normalized spacial score (nSPS) is 12.9. The van der Waals surface area contributed by atoms with Crippen LogP contribution < -0.4 is 0 Å². The van der Waals surface area contributed by atoms with Gasteiger partial charge in [-0.15, -0.1) is 0 Å². The van der Waals surface area contributed by atoms with E-state index in [0.717, 1.165) is 12.1 Å². The number of halogens is 5. The van der Waals surface area contributed by atoms with E-state index in [4.69, 9.17) is 27.9 Å². The van der Waals surface area contributed by atoms with Gasteiger partial charge in [0, 0.05) is 28.0 Å². The monoisotopic (exact) mass is 414 g/mol. The van der Waals surface area contributed by atoms with Gasteiger partial charge in [0.05, 0.1) is 25.0 Å². The molecule has 3 rings (SSSR count). The largest absolute Gasteiger partial charge is 0.416 e. The number of hydrogen-bond donors (Lipinski definition) is 0. The molecule has 0 saturated heterocycles. The minimum absolute atomic E-state index is 0.00222. The summed E-state index contributed by atoms with van der Waals surface area (Å²) in [5.74, 6) is 0. The molecule has 2 aromatic carbocycles. The van der Waals surface area contributed by atoms with Crippen LogP contribution in [0.2, 0.25) is 10.0 Å². The molecule has 8 heteroatoms. The van der Waals surface area contributed by atoms with Gasteiger partial charge in [0.25, 0.3) is 0 Å². The second-order valence-corrected chi connectivity index (χ2v) is 6.77. The van der Waals surface area contributed by atoms with Crippen molar-refractivity contribution in [3.05, 3.63) is 87.9 Å². The molecule has 0 amide bonds. The highest BCUT2D eigenvalue weighted by Gasteiger charge is 2.30. The van der Waals surface area contributed by atoms with E-state index < -0.39 is 17.8 Å². The Labute approximate surface area is 164 Å². The van der Waals surface area contributed by atoms with Crippen molar-refractivity contribution < 1.29 is 17.9 Å². The highest BCUT2D eigenvalue weighted by molar-refractivity contribution is 6.35. The van der Waals surface area contributed by atoms with Crippen molar-refractivity contribution in [1.82, 2.24) is 9.55 Å². The molecule has 3 aromatic rings. The van der Waals surface area contributed by atoms with Gasteiger partial charge in [0.1, 0.15) is 6.10 Å². The van der Waals surface area contributed by atoms with Crippen LogP contribution in [-0.2, 0) is 24.1 Å². The third kappa shape index (κ3) is 5.25. The quantitative estimate of drug-likeness (QED) is 0.482. The molecule has 0 aliphatic heterocycles. The van der Waals surface area contributed by atoms with E-state index in [9.17, 15) is 13.2 Å². The van der Waals surface area contributed by atoms with E-state index in [1.807, 2.05) is 4.57 Å². The molecule has 0 aliphatic rings. The molecule has 0 spiro atoms. The van der Waals surface area contributed by atoms with Crippen molar-refractivity contribution in [1.29, 1.82) is 0 Å². The summed E-state index contributed by atoms with van der Waals surface area (Å²) in [6.45, 7) is 0.405. The lowest BCUT2D eigenvalue weighted by Gasteiger charge is -2.20. The fourth-order valence-corrected chi connectivity index (χ4v) is 3.15. The predicted molar refractivity (Wildman–Crippen MR) is 97.7 cm³/mol. The van der Waals surface area contributed by atoms with E-state index in [1.54, 1.807) is 43.0 Å². The Hall–Kier alpha value is -2.02. The minimum Gasteiger partial charge on any atom is -0.367 e. The van der Waals surface area contributed by atoms with Crippen LogP contribution in [0.1, 0.15) is 22.8 Å². The molecule has 0 N–H and O–H groups in total. The van der Waals surface area contributed by atoms with Gasteiger partial charge in [-0.25, -0.2) is 4.98 Å². The van der Waals surface area contributed by atoms with Crippen LogP contribution >= 0.6 is 23.2 Å². The summed E-state index contributed by atoms with van der Waals surface area (Å²) in [5.41, 5.74) is 0.409. The number of aromatic nitrogens is 2. The first-order valence-electron chi connectivity index (χ1n) is 8.01. The lowest BCUT2D eigenvalue weighted by atomic mass is 10.1. The number of alkyl halides is 3. The summed E-state index contributed by atoms with van der Waals surface area (Å²) in [6, 6.07) is 10.1. The Kier molecular flexibility index (Phi) is 6.09. The second kappa shape index (κ2) is 8.33. The maximum absolute atomic E-state index is 12.9. The highest BCUT2D eigenvalue weighted by Crippen LogP contribution is 2.32. The molecule has 1 unspecified atom stereocenters. The maximum Gasteiger partial charge on any atom is 0.416 e. The lowest BCUT2D eigenvalue weighted by Crippen LogP contribution is -2.13. The molecule has 1 atom stereocenters. The number of ether oxygens (including phenoxy) is 1. The van der Waals surface area contributed by atoms with Gasteiger partial charge in [-0.2, -0.15) is 13.2 Å². The van der Waals surface area contributed by atoms with Crippen molar-refractivity contribution in [2.24, 2.45) is 0 Å². The molecule has 0 aliphatic carbocycles. The number of rotatable bonds is 6. The molecule has 1 aromatic heterocycles. The number of nitrogens with zero attached hydrogens (tertiary/aromatic N) is 2. The van der Waals surface area contributed by atoms with Crippen LogP contribution in [0.4, 0.5) is 13.2 Å². The molecule has 0 fully saturated rings. The Morgan fingerprint density at radius 1 is 1.11 bits per heavy atom. The lowest BCUT2D eigenvalue weighted by molar-refractivity contribution is -0.137. The molecule has 142 valence electrons. The minimum atomic E-state index is -4.40. The average Bonchev–Trinajstić information content (AvgIpc) is 3.11. The predicted octanol–water partition coefficient (Wildman–Crippen LogP) is 6.17.